The number of hydrogen-bond acceptors (Lipinski definition) is 5. The summed E-state index contributed by atoms with van der Waals surface area (Å²) in [4.78, 5) is 11.9. The Balaban J connectivity index is 2.35. The van der Waals surface area contributed by atoms with Crippen molar-refractivity contribution in [2.24, 2.45) is 0 Å². The monoisotopic (exact) mass is 362 g/mol. The SMILES string of the molecule is CCc1cc(F)ccc1Oc1ccc(C(=O)NS(C)(=O)=O)cc1C#N. The van der Waals surface area contributed by atoms with Gasteiger partial charge >= 0.3 is 0 Å². The lowest BCUT2D eigenvalue weighted by molar-refractivity contribution is 0.0981. The van der Waals surface area contributed by atoms with E-state index in [9.17, 15) is 22.9 Å². The average molecular weight is 362 g/mol. The molecule has 0 fully saturated rings. The maximum absolute atomic E-state index is 13.3. The highest BCUT2D eigenvalue weighted by atomic mass is 32.2. The third kappa shape index (κ3) is 4.78. The van der Waals surface area contributed by atoms with E-state index in [1.54, 1.807) is 0 Å². The number of hydrogen-bond donors (Lipinski definition) is 1. The number of sulfonamides is 1. The number of rotatable bonds is 5. The fourth-order valence-corrected chi connectivity index (χ4v) is 2.57. The van der Waals surface area contributed by atoms with Crippen LogP contribution in [0, 0.1) is 17.1 Å². The van der Waals surface area contributed by atoms with Crippen molar-refractivity contribution in [3.8, 4) is 17.6 Å². The highest BCUT2D eigenvalue weighted by Crippen LogP contribution is 2.29. The minimum Gasteiger partial charge on any atom is -0.456 e. The Morgan fingerprint density at radius 2 is 1.92 bits per heavy atom. The van der Waals surface area contributed by atoms with Crippen LogP contribution in [0.4, 0.5) is 4.39 Å². The van der Waals surface area contributed by atoms with E-state index in [4.69, 9.17) is 4.74 Å². The fraction of sp³-hybridized carbons (Fsp3) is 0.176. The number of nitrogens with one attached hydrogen (secondary N) is 1. The fourth-order valence-electron chi connectivity index (χ4n) is 2.12. The van der Waals surface area contributed by atoms with Gasteiger partial charge in [-0.3, -0.25) is 4.79 Å². The molecule has 0 saturated carbocycles. The molecular formula is C17H15FN2O4S. The van der Waals surface area contributed by atoms with Crippen LogP contribution in [-0.2, 0) is 16.4 Å². The van der Waals surface area contributed by atoms with E-state index in [0.717, 1.165) is 6.26 Å². The highest BCUT2D eigenvalue weighted by molar-refractivity contribution is 7.89. The van der Waals surface area contributed by atoms with Gasteiger partial charge in [-0.2, -0.15) is 5.26 Å². The molecule has 2 aromatic carbocycles. The van der Waals surface area contributed by atoms with Crippen molar-refractivity contribution in [1.82, 2.24) is 4.72 Å². The summed E-state index contributed by atoms with van der Waals surface area (Å²) in [6.45, 7) is 1.84. The third-order valence-corrected chi connectivity index (χ3v) is 3.82. The Kier molecular flexibility index (Phi) is 5.39. The van der Waals surface area contributed by atoms with Gasteiger partial charge in [0.1, 0.15) is 23.4 Å². The second kappa shape index (κ2) is 7.32. The van der Waals surface area contributed by atoms with E-state index in [-0.39, 0.29) is 16.9 Å². The van der Waals surface area contributed by atoms with Gasteiger partial charge in [-0.1, -0.05) is 6.92 Å². The second-order valence-electron chi connectivity index (χ2n) is 5.23. The molecule has 1 N–H and O–H groups in total. The lowest BCUT2D eigenvalue weighted by Gasteiger charge is -2.12. The van der Waals surface area contributed by atoms with Crippen LogP contribution in [0.5, 0.6) is 11.5 Å². The molecular weight excluding hydrogens is 347 g/mol. The molecule has 8 heteroatoms. The van der Waals surface area contributed by atoms with Crippen molar-refractivity contribution in [3.63, 3.8) is 0 Å². The zero-order chi connectivity index (χ0) is 18.6. The number of ether oxygens (including phenoxy) is 1. The molecule has 0 atom stereocenters. The van der Waals surface area contributed by atoms with E-state index < -0.39 is 21.7 Å². The van der Waals surface area contributed by atoms with Gasteiger partial charge in [-0.05, 0) is 48.4 Å². The number of carbonyl (C=O) groups is 1. The van der Waals surface area contributed by atoms with Gasteiger partial charge in [-0.15, -0.1) is 0 Å². The number of benzene rings is 2. The first-order chi connectivity index (χ1) is 11.7. The van der Waals surface area contributed by atoms with Gasteiger partial charge in [-0.25, -0.2) is 17.5 Å². The van der Waals surface area contributed by atoms with Crippen LogP contribution in [0.1, 0.15) is 28.4 Å². The van der Waals surface area contributed by atoms with E-state index in [0.29, 0.717) is 17.7 Å². The first-order valence-electron chi connectivity index (χ1n) is 7.26. The summed E-state index contributed by atoms with van der Waals surface area (Å²) in [6.07, 6.45) is 1.39. The van der Waals surface area contributed by atoms with Crippen molar-refractivity contribution in [3.05, 3.63) is 58.9 Å². The summed E-state index contributed by atoms with van der Waals surface area (Å²) in [5, 5.41) is 9.27. The Bertz CT molecular complexity index is 965. The molecule has 0 heterocycles. The van der Waals surface area contributed by atoms with Crippen molar-refractivity contribution in [1.29, 1.82) is 5.26 Å². The number of aryl methyl sites for hydroxylation is 1. The molecule has 0 radical (unpaired) electrons. The normalized spacial score (nSPS) is 10.8. The van der Waals surface area contributed by atoms with Gasteiger partial charge in [0.25, 0.3) is 5.91 Å². The van der Waals surface area contributed by atoms with E-state index >= 15 is 0 Å². The van der Waals surface area contributed by atoms with Crippen LogP contribution in [0.3, 0.4) is 0 Å². The Hall–Kier alpha value is -2.92. The first kappa shape index (κ1) is 18.4. The van der Waals surface area contributed by atoms with Gasteiger partial charge in [0.2, 0.25) is 10.0 Å². The zero-order valence-corrected chi connectivity index (χ0v) is 14.4. The Morgan fingerprint density at radius 1 is 1.24 bits per heavy atom. The number of carbonyl (C=O) groups excluding carboxylic acids is 1. The summed E-state index contributed by atoms with van der Waals surface area (Å²) >= 11 is 0. The first-order valence-corrected chi connectivity index (χ1v) is 9.15. The van der Waals surface area contributed by atoms with Gasteiger partial charge in [0.05, 0.1) is 11.8 Å². The molecule has 2 aromatic rings. The standard InChI is InChI=1S/C17H15FN2O4S/c1-3-11-9-14(18)5-7-15(11)24-16-6-4-12(8-13(16)10-19)17(21)20-25(2,22)23/h4-9H,3H2,1-2H3,(H,20,21). The molecule has 130 valence electrons. The van der Waals surface area contributed by atoms with E-state index in [2.05, 4.69) is 0 Å². The minimum absolute atomic E-state index is 0.00384. The lowest BCUT2D eigenvalue weighted by atomic mass is 10.1. The lowest BCUT2D eigenvalue weighted by Crippen LogP contribution is -2.29. The molecule has 0 aliphatic carbocycles. The molecule has 1 amide bonds. The predicted molar refractivity (Wildman–Crippen MR) is 89.3 cm³/mol. The Morgan fingerprint density at radius 3 is 2.52 bits per heavy atom. The topological polar surface area (TPSA) is 96.3 Å². The maximum Gasteiger partial charge on any atom is 0.264 e. The van der Waals surface area contributed by atoms with Crippen LogP contribution in [-0.4, -0.2) is 20.6 Å². The molecule has 0 bridgehead atoms. The molecule has 0 spiro atoms. The van der Waals surface area contributed by atoms with E-state index in [1.165, 1.54) is 36.4 Å². The smallest absolute Gasteiger partial charge is 0.264 e. The average Bonchev–Trinajstić information content (AvgIpc) is 2.55. The van der Waals surface area contributed by atoms with E-state index in [1.807, 2.05) is 17.7 Å². The van der Waals surface area contributed by atoms with Crippen LogP contribution >= 0.6 is 0 Å². The third-order valence-electron chi connectivity index (χ3n) is 3.26. The molecule has 6 nitrogen and oxygen atoms in total. The number of nitriles is 1. The molecule has 25 heavy (non-hydrogen) atoms. The molecule has 0 saturated heterocycles. The van der Waals surface area contributed by atoms with Crippen molar-refractivity contribution < 1.29 is 22.3 Å². The van der Waals surface area contributed by atoms with Crippen molar-refractivity contribution >= 4 is 15.9 Å². The van der Waals surface area contributed by atoms with Crippen LogP contribution in [0.2, 0.25) is 0 Å². The molecule has 0 aliphatic heterocycles. The summed E-state index contributed by atoms with van der Waals surface area (Å²) in [5.74, 6) is -0.660. The van der Waals surface area contributed by atoms with Crippen molar-refractivity contribution in [2.75, 3.05) is 6.26 Å². The van der Waals surface area contributed by atoms with Crippen LogP contribution < -0.4 is 9.46 Å². The largest absolute Gasteiger partial charge is 0.456 e. The summed E-state index contributed by atoms with van der Waals surface area (Å²) in [7, 11) is -3.71. The predicted octanol–water partition coefficient (Wildman–Crippen LogP) is 2.74. The van der Waals surface area contributed by atoms with Crippen LogP contribution in [0.15, 0.2) is 36.4 Å². The zero-order valence-electron chi connectivity index (χ0n) is 13.5. The molecule has 0 aliphatic rings. The maximum atomic E-state index is 13.3. The highest BCUT2D eigenvalue weighted by Gasteiger charge is 2.15. The molecule has 0 unspecified atom stereocenters. The number of amides is 1. The Labute approximate surface area is 144 Å². The summed E-state index contributed by atoms with van der Waals surface area (Å²) < 4.78 is 43.0. The number of halogens is 1. The minimum atomic E-state index is -3.71. The van der Waals surface area contributed by atoms with Crippen molar-refractivity contribution in [2.45, 2.75) is 13.3 Å². The quantitative estimate of drug-likeness (QED) is 0.882. The molecule has 0 aromatic heterocycles. The number of nitrogens with zero attached hydrogens (tertiary/aromatic N) is 1. The van der Waals surface area contributed by atoms with Crippen LogP contribution in [0.25, 0.3) is 0 Å². The summed E-state index contributed by atoms with van der Waals surface area (Å²) in [6, 6.07) is 9.89. The summed E-state index contributed by atoms with van der Waals surface area (Å²) in [5.41, 5.74) is 0.680. The molecule has 2 rings (SSSR count). The van der Waals surface area contributed by atoms with Gasteiger partial charge in [0, 0.05) is 5.56 Å². The second-order valence-corrected chi connectivity index (χ2v) is 6.98. The van der Waals surface area contributed by atoms with Gasteiger partial charge < -0.3 is 4.74 Å². The van der Waals surface area contributed by atoms with Gasteiger partial charge in [0.15, 0.2) is 0 Å².